The first-order chi connectivity index (χ1) is 10.6. The molecule has 1 atom stereocenters. The Kier molecular flexibility index (Phi) is 5.73. The molecule has 2 aromatic carbocycles. The molecule has 3 heteroatoms. The molecule has 0 saturated heterocycles. The number of hydrogen-bond acceptors (Lipinski definition) is 3. The molecule has 0 spiro atoms. The van der Waals surface area contributed by atoms with Crippen molar-refractivity contribution in [1.29, 1.82) is 0 Å². The highest BCUT2D eigenvalue weighted by atomic mass is 16.3. The number of rotatable bonds is 6. The maximum atomic E-state index is 9.76. The number of aromatic hydroxyl groups is 1. The van der Waals surface area contributed by atoms with Gasteiger partial charge in [0.2, 0.25) is 0 Å². The van der Waals surface area contributed by atoms with Gasteiger partial charge in [0.25, 0.3) is 0 Å². The largest absolute Gasteiger partial charge is 0.507 e. The Balaban J connectivity index is 2.10. The first-order valence-electron chi connectivity index (χ1n) is 7.65. The Morgan fingerprint density at radius 3 is 2.36 bits per heavy atom. The van der Waals surface area contributed by atoms with Gasteiger partial charge in [0.15, 0.2) is 0 Å². The molecule has 0 aliphatic heterocycles. The van der Waals surface area contributed by atoms with Crippen molar-refractivity contribution in [3.05, 3.63) is 65.2 Å². The van der Waals surface area contributed by atoms with E-state index in [0.717, 1.165) is 12.0 Å². The Hall–Kier alpha value is -2.13. The summed E-state index contributed by atoms with van der Waals surface area (Å²) in [6.45, 7) is 2.82. The molecule has 0 saturated carbocycles. The van der Waals surface area contributed by atoms with E-state index in [1.54, 1.807) is 12.3 Å². The zero-order chi connectivity index (χ0) is 15.9. The van der Waals surface area contributed by atoms with Crippen molar-refractivity contribution in [3.8, 4) is 5.75 Å². The van der Waals surface area contributed by atoms with E-state index in [9.17, 15) is 5.11 Å². The molecule has 1 N–H and O–H groups in total. The molecule has 0 fully saturated rings. The van der Waals surface area contributed by atoms with Crippen LogP contribution in [0.4, 0.5) is 0 Å². The summed E-state index contributed by atoms with van der Waals surface area (Å²) in [5, 5.41) is 9.76. The van der Waals surface area contributed by atoms with Crippen molar-refractivity contribution in [2.75, 3.05) is 20.6 Å². The number of phenols is 1. The molecule has 0 aliphatic rings. The maximum Gasteiger partial charge on any atom is 0.124 e. The van der Waals surface area contributed by atoms with Crippen LogP contribution in [0.15, 0.2) is 53.5 Å². The van der Waals surface area contributed by atoms with Crippen molar-refractivity contribution in [2.24, 2.45) is 4.99 Å². The number of hydrogen-bond donors (Lipinski definition) is 1. The fraction of sp³-hybridized carbons (Fsp3) is 0.316. The molecule has 2 aromatic rings. The predicted octanol–water partition coefficient (Wildman–Crippen LogP) is 3.68. The first kappa shape index (κ1) is 16.2. The van der Waals surface area contributed by atoms with Gasteiger partial charge in [-0.2, -0.15) is 0 Å². The van der Waals surface area contributed by atoms with Crippen LogP contribution in [0, 0.1) is 0 Å². The van der Waals surface area contributed by atoms with Crippen LogP contribution in [0.2, 0.25) is 0 Å². The van der Waals surface area contributed by atoms with Gasteiger partial charge in [-0.15, -0.1) is 0 Å². The lowest BCUT2D eigenvalue weighted by Crippen LogP contribution is -2.22. The minimum Gasteiger partial charge on any atom is -0.507 e. The molecule has 0 bridgehead atoms. The van der Waals surface area contributed by atoms with E-state index in [4.69, 9.17) is 0 Å². The molecular weight excluding hydrogens is 272 g/mol. The molecule has 116 valence electrons. The molecule has 0 aromatic heterocycles. The summed E-state index contributed by atoms with van der Waals surface area (Å²) in [5.74, 6) is 0.264. The van der Waals surface area contributed by atoms with Crippen molar-refractivity contribution < 1.29 is 5.11 Å². The second-order valence-corrected chi connectivity index (χ2v) is 5.63. The van der Waals surface area contributed by atoms with E-state index >= 15 is 0 Å². The molecule has 0 aliphatic carbocycles. The molecule has 22 heavy (non-hydrogen) atoms. The number of nitrogens with zero attached hydrogens (tertiary/aromatic N) is 2. The Morgan fingerprint density at radius 1 is 1.09 bits per heavy atom. The Labute approximate surface area is 132 Å². The molecule has 0 amide bonds. The summed E-state index contributed by atoms with van der Waals surface area (Å²) in [6.07, 6.45) is 2.80. The van der Waals surface area contributed by atoms with Gasteiger partial charge in [-0.05, 0) is 43.8 Å². The van der Waals surface area contributed by atoms with Gasteiger partial charge in [0.1, 0.15) is 5.75 Å². The van der Waals surface area contributed by atoms with E-state index in [2.05, 4.69) is 55.2 Å². The van der Waals surface area contributed by atoms with E-state index in [-0.39, 0.29) is 11.8 Å². The number of aliphatic imine (C=N–C) groups is 1. The van der Waals surface area contributed by atoms with Crippen LogP contribution in [0.1, 0.15) is 29.7 Å². The van der Waals surface area contributed by atoms with Crippen molar-refractivity contribution in [3.63, 3.8) is 0 Å². The van der Waals surface area contributed by atoms with Gasteiger partial charge in [-0.3, -0.25) is 4.99 Å². The summed E-state index contributed by atoms with van der Waals surface area (Å²) < 4.78 is 0. The van der Waals surface area contributed by atoms with Crippen LogP contribution in [0.3, 0.4) is 0 Å². The van der Waals surface area contributed by atoms with Gasteiger partial charge in [-0.25, -0.2) is 0 Å². The van der Waals surface area contributed by atoms with Crippen LogP contribution < -0.4 is 0 Å². The van der Waals surface area contributed by atoms with E-state index in [0.29, 0.717) is 6.54 Å². The van der Waals surface area contributed by atoms with Gasteiger partial charge in [-0.1, -0.05) is 43.3 Å². The topological polar surface area (TPSA) is 35.8 Å². The third kappa shape index (κ3) is 4.18. The molecule has 0 radical (unpaired) electrons. The van der Waals surface area contributed by atoms with Gasteiger partial charge in [0, 0.05) is 11.8 Å². The van der Waals surface area contributed by atoms with Gasteiger partial charge in [0.05, 0.1) is 12.6 Å². The second kappa shape index (κ2) is 7.76. The first-order valence-corrected chi connectivity index (χ1v) is 7.65. The van der Waals surface area contributed by atoms with Crippen molar-refractivity contribution in [1.82, 2.24) is 4.90 Å². The average molecular weight is 296 g/mol. The lowest BCUT2D eigenvalue weighted by atomic mass is 10.0. The van der Waals surface area contributed by atoms with Crippen LogP contribution in [-0.2, 0) is 6.42 Å². The summed E-state index contributed by atoms with van der Waals surface area (Å²) in [5.41, 5.74) is 3.36. The summed E-state index contributed by atoms with van der Waals surface area (Å²) in [6, 6.07) is 16.2. The highest BCUT2D eigenvalue weighted by Gasteiger charge is 2.13. The third-order valence-corrected chi connectivity index (χ3v) is 3.84. The Bertz CT molecular complexity index is 618. The number of likely N-dealkylation sites (N-methyl/N-ethyl adjacent to an activating group) is 1. The number of benzene rings is 2. The zero-order valence-corrected chi connectivity index (χ0v) is 13.5. The Morgan fingerprint density at radius 2 is 1.77 bits per heavy atom. The van der Waals surface area contributed by atoms with E-state index in [1.165, 1.54) is 11.1 Å². The maximum absolute atomic E-state index is 9.76. The molecule has 2 rings (SSSR count). The predicted molar refractivity (Wildman–Crippen MR) is 92.8 cm³/mol. The normalized spacial score (nSPS) is 12.9. The van der Waals surface area contributed by atoms with Crippen LogP contribution in [0.25, 0.3) is 0 Å². The standard InChI is InChI=1S/C19H24N2O/c1-4-15-9-11-16(12-10-15)18(21(2)3)14-20-13-17-7-5-6-8-19(17)22/h5-13,18,22H,4,14H2,1-3H3/t18-/m0/s1. The minimum atomic E-state index is 0.230. The second-order valence-electron chi connectivity index (χ2n) is 5.63. The van der Waals surface area contributed by atoms with Crippen LogP contribution >= 0.6 is 0 Å². The highest BCUT2D eigenvalue weighted by Crippen LogP contribution is 2.20. The fourth-order valence-corrected chi connectivity index (χ4v) is 2.39. The number of phenolic OH excluding ortho intramolecular Hbond substituents is 1. The summed E-state index contributed by atoms with van der Waals surface area (Å²) in [7, 11) is 4.13. The van der Waals surface area contributed by atoms with Crippen molar-refractivity contribution >= 4 is 6.21 Å². The van der Waals surface area contributed by atoms with Crippen LogP contribution in [0.5, 0.6) is 5.75 Å². The van der Waals surface area contributed by atoms with Crippen LogP contribution in [-0.4, -0.2) is 36.9 Å². The zero-order valence-electron chi connectivity index (χ0n) is 13.5. The lowest BCUT2D eigenvalue weighted by molar-refractivity contribution is 0.307. The smallest absolute Gasteiger partial charge is 0.124 e. The molecule has 3 nitrogen and oxygen atoms in total. The van der Waals surface area contributed by atoms with Crippen molar-refractivity contribution in [2.45, 2.75) is 19.4 Å². The SMILES string of the molecule is CCc1ccc([C@H](CN=Cc2ccccc2O)N(C)C)cc1. The number of para-hydroxylation sites is 1. The quantitative estimate of drug-likeness (QED) is 0.825. The molecule has 0 heterocycles. The summed E-state index contributed by atoms with van der Waals surface area (Å²) >= 11 is 0. The van der Waals surface area contributed by atoms with Gasteiger partial charge >= 0.3 is 0 Å². The number of aryl methyl sites for hydroxylation is 1. The third-order valence-electron chi connectivity index (χ3n) is 3.84. The van der Waals surface area contributed by atoms with Gasteiger partial charge < -0.3 is 10.0 Å². The molecular formula is C19H24N2O. The minimum absolute atomic E-state index is 0.230. The lowest BCUT2D eigenvalue weighted by Gasteiger charge is -2.23. The summed E-state index contributed by atoms with van der Waals surface area (Å²) in [4.78, 5) is 6.69. The highest BCUT2D eigenvalue weighted by molar-refractivity contribution is 5.83. The monoisotopic (exact) mass is 296 g/mol. The average Bonchev–Trinajstić information content (AvgIpc) is 2.53. The van der Waals surface area contributed by atoms with E-state index in [1.807, 2.05) is 18.2 Å². The van der Waals surface area contributed by atoms with E-state index < -0.39 is 0 Å². The molecule has 0 unspecified atom stereocenters. The fourth-order valence-electron chi connectivity index (χ4n) is 2.39.